The van der Waals surface area contributed by atoms with Gasteiger partial charge in [-0.3, -0.25) is 0 Å². The summed E-state index contributed by atoms with van der Waals surface area (Å²) in [5.41, 5.74) is 3.87. The van der Waals surface area contributed by atoms with Crippen LogP contribution in [0.5, 0.6) is 11.5 Å². The van der Waals surface area contributed by atoms with E-state index < -0.39 is 6.10 Å². The first-order valence-electron chi connectivity index (χ1n) is 8.43. The molecule has 1 aromatic carbocycles. The fourth-order valence-corrected chi connectivity index (χ4v) is 4.57. The van der Waals surface area contributed by atoms with Gasteiger partial charge in [-0.25, -0.2) is 0 Å². The lowest BCUT2D eigenvalue weighted by atomic mass is 9.68. The van der Waals surface area contributed by atoms with Crippen molar-refractivity contribution in [2.45, 2.75) is 43.9 Å². The molecule has 2 heterocycles. The number of aliphatic hydroxyl groups excluding tert-OH is 1. The second kappa shape index (κ2) is 5.88. The van der Waals surface area contributed by atoms with Gasteiger partial charge in [-0.15, -0.1) is 0 Å². The van der Waals surface area contributed by atoms with Crippen molar-refractivity contribution in [2.24, 2.45) is 0 Å². The smallest absolute Gasteiger partial charge is 0.166 e. The van der Waals surface area contributed by atoms with Crippen molar-refractivity contribution < 1.29 is 43.0 Å². The highest BCUT2D eigenvalue weighted by atomic mass is 127. The topological polar surface area (TPSA) is 38.7 Å². The van der Waals surface area contributed by atoms with E-state index >= 15 is 0 Å². The van der Waals surface area contributed by atoms with Crippen molar-refractivity contribution >= 4 is 0 Å². The van der Waals surface area contributed by atoms with Gasteiger partial charge in [0, 0.05) is 24.0 Å². The van der Waals surface area contributed by atoms with E-state index in [1.165, 1.54) is 16.7 Å². The summed E-state index contributed by atoms with van der Waals surface area (Å²) in [5.74, 6) is 1.73. The van der Waals surface area contributed by atoms with Gasteiger partial charge >= 0.3 is 0 Å². The number of halogens is 1. The number of benzene rings is 1. The van der Waals surface area contributed by atoms with E-state index in [0.717, 1.165) is 35.5 Å². The summed E-state index contributed by atoms with van der Waals surface area (Å²) in [6.45, 7) is 4.27. The number of nitrogens with zero attached hydrogens (tertiary/aromatic N) is 1. The Hall–Kier alpha value is -0.790. The lowest BCUT2D eigenvalue weighted by Gasteiger charge is -2.36. The Morgan fingerprint density at radius 3 is 2.83 bits per heavy atom. The standard InChI is InChI=1S/C19H26NO3.HI/c1-12-9-15(22-4)18-17-14(12)11-20(2,3)8-7-19(17)6-5-13(21)10-16(19)23-18;/h5-6,9,13,16,21H,7-8,10-11H2,1-4H3;1H/q+1;/p-1/t13-,16?,19?;/m0./s1. The molecule has 0 saturated carbocycles. The normalized spacial score (nSPS) is 32.0. The maximum atomic E-state index is 10.1. The summed E-state index contributed by atoms with van der Waals surface area (Å²) < 4.78 is 12.9. The third-order valence-corrected chi connectivity index (χ3v) is 5.88. The van der Waals surface area contributed by atoms with Crippen molar-refractivity contribution in [1.29, 1.82) is 0 Å². The minimum Gasteiger partial charge on any atom is -1.00 e. The van der Waals surface area contributed by atoms with Crippen molar-refractivity contribution in [2.75, 3.05) is 27.7 Å². The van der Waals surface area contributed by atoms with Crippen LogP contribution in [0.3, 0.4) is 0 Å². The van der Waals surface area contributed by atoms with Crippen LogP contribution in [0.4, 0.5) is 0 Å². The molecule has 0 amide bonds. The summed E-state index contributed by atoms with van der Waals surface area (Å²) in [6, 6.07) is 2.10. The monoisotopic (exact) mass is 443 g/mol. The summed E-state index contributed by atoms with van der Waals surface area (Å²) in [5, 5.41) is 10.1. The molecule has 0 aromatic heterocycles. The third-order valence-electron chi connectivity index (χ3n) is 5.88. The summed E-state index contributed by atoms with van der Waals surface area (Å²) >= 11 is 0. The van der Waals surface area contributed by atoms with E-state index in [-0.39, 0.29) is 35.5 Å². The molecule has 0 bridgehead atoms. The van der Waals surface area contributed by atoms with Gasteiger partial charge in [0.25, 0.3) is 0 Å². The van der Waals surface area contributed by atoms with Gasteiger partial charge < -0.3 is 43.0 Å². The van der Waals surface area contributed by atoms with Crippen LogP contribution < -0.4 is 33.5 Å². The van der Waals surface area contributed by atoms with Crippen LogP contribution in [0.1, 0.15) is 29.5 Å². The number of aliphatic hydroxyl groups is 1. The predicted octanol–water partition coefficient (Wildman–Crippen LogP) is -0.693. The van der Waals surface area contributed by atoms with E-state index in [1.54, 1.807) is 7.11 Å². The summed E-state index contributed by atoms with van der Waals surface area (Å²) in [6.07, 6.45) is 5.46. The van der Waals surface area contributed by atoms with Crippen LogP contribution in [-0.2, 0) is 12.0 Å². The average Bonchev–Trinajstić information content (AvgIpc) is 2.76. The zero-order valence-corrected chi connectivity index (χ0v) is 17.0. The Labute approximate surface area is 161 Å². The highest BCUT2D eigenvalue weighted by Gasteiger charge is 2.54. The van der Waals surface area contributed by atoms with Gasteiger partial charge in [-0.1, -0.05) is 12.2 Å². The molecule has 4 nitrogen and oxygen atoms in total. The summed E-state index contributed by atoms with van der Waals surface area (Å²) in [7, 11) is 6.30. The highest BCUT2D eigenvalue weighted by Crippen LogP contribution is 2.56. The second-order valence-corrected chi connectivity index (χ2v) is 7.95. The van der Waals surface area contributed by atoms with Crippen LogP contribution in [0, 0.1) is 6.92 Å². The molecule has 3 aliphatic rings. The average molecular weight is 443 g/mol. The maximum absolute atomic E-state index is 10.1. The maximum Gasteiger partial charge on any atom is 0.166 e. The molecule has 1 N–H and O–H groups in total. The molecule has 0 radical (unpaired) electrons. The van der Waals surface area contributed by atoms with Crippen LogP contribution in [0.25, 0.3) is 0 Å². The Bertz CT molecular complexity index is 700. The van der Waals surface area contributed by atoms with Crippen molar-refractivity contribution in [3.63, 3.8) is 0 Å². The van der Waals surface area contributed by atoms with E-state index in [1.807, 2.05) is 6.08 Å². The fraction of sp³-hybridized carbons (Fsp3) is 0.579. The fourth-order valence-electron chi connectivity index (χ4n) is 4.57. The van der Waals surface area contributed by atoms with Gasteiger partial charge in [0.15, 0.2) is 11.5 Å². The van der Waals surface area contributed by atoms with Gasteiger partial charge in [-0.2, -0.15) is 0 Å². The first kappa shape index (κ1) is 18.0. The molecule has 24 heavy (non-hydrogen) atoms. The molecule has 5 heteroatoms. The van der Waals surface area contributed by atoms with E-state index in [0.29, 0.717) is 6.42 Å². The molecular formula is C19H26INO3. The third kappa shape index (κ3) is 2.47. The number of quaternary nitrogens is 1. The molecule has 2 aliphatic heterocycles. The van der Waals surface area contributed by atoms with Crippen LogP contribution in [-0.4, -0.2) is 49.5 Å². The lowest BCUT2D eigenvalue weighted by Crippen LogP contribution is -3.00. The Balaban J connectivity index is 0.00000169. The summed E-state index contributed by atoms with van der Waals surface area (Å²) in [4.78, 5) is 0. The second-order valence-electron chi connectivity index (χ2n) is 7.95. The molecule has 1 aromatic rings. The number of rotatable bonds is 1. The molecular weight excluding hydrogens is 417 g/mol. The quantitative estimate of drug-likeness (QED) is 0.355. The predicted molar refractivity (Wildman–Crippen MR) is 88.9 cm³/mol. The molecule has 2 unspecified atom stereocenters. The first-order valence-corrected chi connectivity index (χ1v) is 8.43. The molecule has 4 rings (SSSR count). The largest absolute Gasteiger partial charge is 1.00 e. The molecule has 0 saturated heterocycles. The highest BCUT2D eigenvalue weighted by molar-refractivity contribution is 5.62. The number of aryl methyl sites for hydroxylation is 1. The number of hydrogen-bond donors (Lipinski definition) is 1. The molecule has 1 spiro atoms. The van der Waals surface area contributed by atoms with Crippen molar-refractivity contribution in [3.8, 4) is 11.5 Å². The van der Waals surface area contributed by atoms with Crippen LogP contribution >= 0.6 is 0 Å². The number of hydrogen-bond acceptors (Lipinski definition) is 3. The lowest BCUT2D eigenvalue weighted by molar-refractivity contribution is -0.903. The van der Waals surface area contributed by atoms with E-state index in [9.17, 15) is 5.11 Å². The first-order chi connectivity index (χ1) is 10.9. The van der Waals surface area contributed by atoms with Crippen LogP contribution in [0.2, 0.25) is 0 Å². The van der Waals surface area contributed by atoms with E-state index in [4.69, 9.17) is 9.47 Å². The SMILES string of the molecule is COc1cc(C)c2c3c1OC1C[C@@H](O)C=CC31CC[N+](C)(C)C2.[I-]. The van der Waals surface area contributed by atoms with Crippen molar-refractivity contribution in [3.05, 3.63) is 34.9 Å². The number of ether oxygens (including phenoxy) is 2. The van der Waals surface area contributed by atoms with Gasteiger partial charge in [0.1, 0.15) is 12.6 Å². The minimum atomic E-state index is -0.416. The Morgan fingerprint density at radius 1 is 1.38 bits per heavy atom. The zero-order chi connectivity index (χ0) is 16.4. The zero-order valence-electron chi connectivity index (χ0n) is 14.8. The van der Waals surface area contributed by atoms with Crippen LogP contribution in [0.15, 0.2) is 18.2 Å². The number of methoxy groups -OCH3 is 1. The van der Waals surface area contributed by atoms with Gasteiger partial charge in [0.05, 0.1) is 39.3 Å². The van der Waals surface area contributed by atoms with E-state index in [2.05, 4.69) is 33.2 Å². The minimum absolute atomic E-state index is 0. The Kier molecular flexibility index (Phi) is 4.42. The molecule has 0 fully saturated rings. The molecule has 132 valence electrons. The Morgan fingerprint density at radius 2 is 2.12 bits per heavy atom. The molecule has 3 atom stereocenters. The van der Waals surface area contributed by atoms with Crippen molar-refractivity contribution in [1.82, 2.24) is 0 Å². The molecule has 1 aliphatic carbocycles. The van der Waals surface area contributed by atoms with Gasteiger partial charge in [-0.05, 0) is 18.6 Å². The van der Waals surface area contributed by atoms with Gasteiger partial charge in [0.2, 0.25) is 0 Å².